The van der Waals surface area contributed by atoms with Crippen LogP contribution >= 0.6 is 0 Å². The van der Waals surface area contributed by atoms with Crippen molar-refractivity contribution in [2.45, 2.75) is 19.0 Å². The highest BCUT2D eigenvalue weighted by Gasteiger charge is 2.23. The number of benzene rings is 5. The molecule has 278 valence electrons. The molecule has 4 heterocycles. The number of amidine groups is 1. The second-order valence-electron chi connectivity index (χ2n) is 14.8. The minimum atomic E-state index is -0.151. The Morgan fingerprint density at radius 2 is 1.33 bits per heavy atom. The molecule has 6 heteroatoms. The van der Waals surface area contributed by atoms with E-state index in [0.29, 0.717) is 0 Å². The number of quaternary nitrogens is 1. The highest BCUT2D eigenvalue weighted by atomic mass is 15.1. The molecule has 0 radical (unpaired) electrons. The van der Waals surface area contributed by atoms with Crippen molar-refractivity contribution < 1.29 is 5.73 Å². The van der Waals surface area contributed by atoms with Crippen LogP contribution in [0.1, 0.15) is 46.5 Å². The first-order valence-electron chi connectivity index (χ1n) is 19.7. The van der Waals surface area contributed by atoms with Gasteiger partial charge in [-0.2, -0.15) is 0 Å². The number of hydrogen-bond acceptors (Lipinski definition) is 5. The fourth-order valence-corrected chi connectivity index (χ4v) is 7.95. The molecule has 3 aliphatic rings. The van der Waals surface area contributed by atoms with Gasteiger partial charge in [0.25, 0.3) is 0 Å². The zero-order valence-electron chi connectivity index (χ0n) is 32.1. The average molecular weight is 750 g/mol. The smallest absolute Gasteiger partial charge is 0.161 e. The van der Waals surface area contributed by atoms with E-state index >= 15 is 0 Å². The second-order valence-corrected chi connectivity index (χ2v) is 14.8. The summed E-state index contributed by atoms with van der Waals surface area (Å²) < 4.78 is 0. The third-order valence-corrected chi connectivity index (χ3v) is 11.1. The monoisotopic (exact) mass is 749 g/mol. The molecule has 1 aliphatic carbocycles. The van der Waals surface area contributed by atoms with Gasteiger partial charge in [-0.1, -0.05) is 152 Å². The molecule has 10 rings (SSSR count). The zero-order valence-corrected chi connectivity index (χ0v) is 32.1. The molecule has 2 aliphatic heterocycles. The second kappa shape index (κ2) is 14.9. The number of hydrogen-bond donors (Lipinski definition) is 3. The van der Waals surface area contributed by atoms with Crippen LogP contribution in [0.25, 0.3) is 56.1 Å². The molecule has 0 saturated carbocycles. The first kappa shape index (κ1) is 35.0. The summed E-state index contributed by atoms with van der Waals surface area (Å²) in [6.07, 6.45) is 17.4. The predicted molar refractivity (Wildman–Crippen MR) is 240 cm³/mol. The third kappa shape index (κ3) is 6.76. The van der Waals surface area contributed by atoms with Gasteiger partial charge in [0.1, 0.15) is 11.4 Å². The van der Waals surface area contributed by atoms with Crippen molar-refractivity contribution in [1.29, 1.82) is 0 Å². The Bertz CT molecular complexity index is 2950. The maximum absolute atomic E-state index is 5.24. The molecule has 0 bridgehead atoms. The van der Waals surface area contributed by atoms with E-state index in [1.165, 1.54) is 11.1 Å². The molecule has 58 heavy (non-hydrogen) atoms. The molecule has 6 nitrogen and oxygen atoms in total. The van der Waals surface area contributed by atoms with E-state index in [4.69, 9.17) is 15.0 Å². The first-order valence-corrected chi connectivity index (χ1v) is 19.7. The molecule has 5 aromatic carbocycles. The van der Waals surface area contributed by atoms with Crippen LogP contribution in [0, 0.1) is 0 Å². The number of aliphatic imine (C=N–C) groups is 1. The van der Waals surface area contributed by atoms with Gasteiger partial charge in [0.15, 0.2) is 5.69 Å². The topological polar surface area (TPSA) is 89.8 Å². The number of rotatable bonds is 7. The van der Waals surface area contributed by atoms with Crippen molar-refractivity contribution >= 4 is 56.4 Å². The Hall–Kier alpha value is -7.41. The Morgan fingerprint density at radius 1 is 0.603 bits per heavy atom. The number of nitrogens with one attached hydrogen (secondary N) is 2. The predicted octanol–water partition coefficient (Wildman–Crippen LogP) is 10.4. The lowest BCUT2D eigenvalue weighted by Crippen LogP contribution is -2.41. The molecule has 2 unspecified atom stereocenters. The summed E-state index contributed by atoms with van der Waals surface area (Å²) in [5.74, 6) is 0.834. The minimum absolute atomic E-state index is 0.0438. The van der Waals surface area contributed by atoms with Gasteiger partial charge in [-0.3, -0.25) is 4.98 Å². The van der Waals surface area contributed by atoms with Gasteiger partial charge in [-0.05, 0) is 71.2 Å². The lowest BCUT2D eigenvalue weighted by atomic mass is 9.90. The number of aromatic nitrogens is 2. The average Bonchev–Trinajstić information content (AvgIpc) is 3.29. The number of dihydropyridines is 1. The number of pyridine rings is 2. The van der Waals surface area contributed by atoms with Crippen LogP contribution in [0.15, 0.2) is 193 Å². The quantitative estimate of drug-likeness (QED) is 0.151. The van der Waals surface area contributed by atoms with Crippen molar-refractivity contribution in [3.63, 3.8) is 0 Å². The van der Waals surface area contributed by atoms with E-state index < -0.39 is 0 Å². The minimum Gasteiger partial charge on any atom is -0.374 e. The van der Waals surface area contributed by atoms with Crippen molar-refractivity contribution in [3.05, 3.63) is 221 Å². The fourth-order valence-electron chi connectivity index (χ4n) is 7.95. The van der Waals surface area contributed by atoms with Gasteiger partial charge in [-0.15, -0.1) is 0 Å². The first-order chi connectivity index (χ1) is 28.6. The largest absolute Gasteiger partial charge is 0.374 e. The van der Waals surface area contributed by atoms with Gasteiger partial charge in [0, 0.05) is 33.2 Å². The van der Waals surface area contributed by atoms with Crippen LogP contribution in [0.4, 0.5) is 5.69 Å². The zero-order chi connectivity index (χ0) is 39.0. The lowest BCUT2D eigenvalue weighted by molar-refractivity contribution is -0.252. The van der Waals surface area contributed by atoms with Crippen LogP contribution in [-0.4, -0.2) is 21.8 Å². The molecule has 0 saturated heterocycles. The summed E-state index contributed by atoms with van der Waals surface area (Å²) in [4.78, 5) is 15.3. The molecule has 2 atom stereocenters. The summed E-state index contributed by atoms with van der Waals surface area (Å²) in [7, 11) is 0. The third-order valence-electron chi connectivity index (χ3n) is 11.1. The van der Waals surface area contributed by atoms with Crippen molar-refractivity contribution in [2.75, 3.05) is 0 Å². The van der Waals surface area contributed by atoms with Gasteiger partial charge >= 0.3 is 0 Å². The van der Waals surface area contributed by atoms with Crippen molar-refractivity contribution in [3.8, 4) is 11.3 Å². The van der Waals surface area contributed by atoms with E-state index in [2.05, 4.69) is 174 Å². The van der Waals surface area contributed by atoms with E-state index in [1.807, 2.05) is 37.3 Å². The number of allylic oxidation sites excluding steroid dienone is 5. The van der Waals surface area contributed by atoms with Crippen molar-refractivity contribution in [2.24, 2.45) is 4.99 Å². The maximum atomic E-state index is 5.24. The van der Waals surface area contributed by atoms with Crippen LogP contribution in [0.5, 0.6) is 0 Å². The lowest BCUT2D eigenvalue weighted by Gasteiger charge is -2.27. The van der Waals surface area contributed by atoms with Crippen LogP contribution < -0.4 is 16.4 Å². The summed E-state index contributed by atoms with van der Waals surface area (Å²) in [6.45, 7) is 2.02. The molecule has 0 spiro atoms. The highest BCUT2D eigenvalue weighted by Crippen LogP contribution is 2.33. The summed E-state index contributed by atoms with van der Waals surface area (Å²) in [6, 6.07) is 48.5. The molecule has 0 fully saturated rings. The molecule has 2 aromatic heterocycles. The maximum Gasteiger partial charge on any atom is 0.161 e. The fraction of sp³-hybridized carbons (Fsp3) is 0.0577. The number of nitrogens with zero attached hydrogens (tertiary/aromatic N) is 3. The Balaban J connectivity index is 0.896. The molecular formula is C52H41N6+. The Labute approximate surface area is 337 Å². The van der Waals surface area contributed by atoms with Gasteiger partial charge in [-0.25, -0.2) is 9.98 Å². The summed E-state index contributed by atoms with van der Waals surface area (Å²) >= 11 is 0. The Kier molecular flexibility index (Phi) is 9.01. The normalized spacial score (nSPS) is 17.4. The standard InChI is InChI=1S/C52H40N6/c1-2-9-38-20-21-39-26-28-43(56-51(39)50(38)53)35-16-14-33(15-17-35)41-22-18-36-24-27-44(54-46(36)30-41)42-23-19-37-25-29-45(55-47(37)31-42)49-32-48(34-10-5-3-6-11-34)57-52(58-49)40-12-7-4-8-13-40/h2-32,46,49,54H,53H2,1H3,(H,57,58)/p+1. The van der Waals surface area contributed by atoms with E-state index in [0.717, 1.165) is 89.5 Å². The molecular weight excluding hydrogens is 709 g/mol. The van der Waals surface area contributed by atoms with Gasteiger partial charge in [0.2, 0.25) is 0 Å². The molecule has 5 N–H and O–H groups in total. The highest BCUT2D eigenvalue weighted by molar-refractivity contribution is 6.03. The number of fused-ring (bicyclic) bond motifs is 3. The van der Waals surface area contributed by atoms with Gasteiger partial charge < -0.3 is 16.4 Å². The van der Waals surface area contributed by atoms with Crippen molar-refractivity contribution in [1.82, 2.24) is 20.6 Å². The summed E-state index contributed by atoms with van der Waals surface area (Å²) in [5, 5.41) is 9.66. The van der Waals surface area contributed by atoms with E-state index in [-0.39, 0.29) is 12.1 Å². The van der Waals surface area contributed by atoms with Crippen LogP contribution in [-0.2, 0) is 0 Å². The Morgan fingerprint density at radius 3 is 2.14 bits per heavy atom. The van der Waals surface area contributed by atoms with E-state index in [9.17, 15) is 0 Å². The molecule has 7 aromatic rings. The molecule has 0 amide bonds. The van der Waals surface area contributed by atoms with E-state index in [1.54, 1.807) is 0 Å². The van der Waals surface area contributed by atoms with Crippen LogP contribution in [0.3, 0.4) is 0 Å². The SMILES string of the molecule is CC=Cc1ccc2ccc(-c3ccc(C4=CC5NC(c6ccc7ccc(C8C=C(c9ccccc9)N=C(c9ccccc9)N8)nc7c6)=CC=C5C=C4)cc3)nc2c1[NH3+]. The van der Waals surface area contributed by atoms with Gasteiger partial charge in [0.05, 0.1) is 34.7 Å². The summed E-state index contributed by atoms with van der Waals surface area (Å²) in [5.41, 5.74) is 20.0. The van der Waals surface area contributed by atoms with Crippen LogP contribution in [0.2, 0.25) is 0 Å².